The van der Waals surface area contributed by atoms with Crippen LogP contribution in [0.2, 0.25) is 0 Å². The van der Waals surface area contributed by atoms with Crippen LogP contribution in [0.3, 0.4) is 0 Å². The molecule has 0 amide bonds. The van der Waals surface area contributed by atoms with Crippen molar-refractivity contribution in [3.8, 4) is 22.3 Å². The lowest BCUT2D eigenvalue weighted by Crippen LogP contribution is -2.58. The molecule has 1 aliphatic carbocycles. The Bertz CT molecular complexity index is 3640. The highest BCUT2D eigenvalue weighted by Gasteiger charge is 2.55. The number of fused-ring (bicyclic) bond motifs is 21. The van der Waals surface area contributed by atoms with Gasteiger partial charge in [-0.25, -0.2) is 0 Å². The van der Waals surface area contributed by atoms with E-state index in [2.05, 4.69) is 185 Å². The van der Waals surface area contributed by atoms with E-state index in [1.807, 2.05) is 0 Å². The van der Waals surface area contributed by atoms with Gasteiger partial charge in [-0.3, -0.25) is 0 Å². The number of hydrogen-bond acceptors (Lipinski definition) is 2. The molecule has 0 atom stereocenters. The predicted molar refractivity (Wildman–Crippen MR) is 236 cm³/mol. The van der Waals surface area contributed by atoms with Gasteiger partial charge in [-0.1, -0.05) is 146 Å². The molecule has 0 bridgehead atoms. The molecule has 260 valence electrons. The van der Waals surface area contributed by atoms with Crippen molar-refractivity contribution < 1.29 is 4.42 Å². The molecule has 5 heterocycles. The molecule has 2 aromatic heterocycles. The predicted octanol–water partition coefficient (Wildman–Crippen LogP) is 11.9. The van der Waals surface area contributed by atoms with E-state index in [-0.39, 0.29) is 6.85 Å². The first-order valence-corrected chi connectivity index (χ1v) is 20.0. The molecule has 4 heteroatoms. The first kappa shape index (κ1) is 29.1. The fraction of sp³-hybridized carbons (Fsp3) is 0.0189. The van der Waals surface area contributed by atoms with Gasteiger partial charge in [0.05, 0.1) is 11.1 Å². The molecule has 57 heavy (non-hydrogen) atoms. The fourth-order valence-electron chi connectivity index (χ4n) is 12.0. The largest absolute Gasteiger partial charge is 0.456 e. The Morgan fingerprint density at radius 1 is 0.474 bits per heavy atom. The Balaban J connectivity index is 1.18. The van der Waals surface area contributed by atoms with E-state index in [1.54, 1.807) is 0 Å². The van der Waals surface area contributed by atoms with Crippen LogP contribution in [0.1, 0.15) is 22.3 Å². The fourth-order valence-corrected chi connectivity index (χ4v) is 12.0. The number of benzene rings is 9. The summed E-state index contributed by atoms with van der Waals surface area (Å²) in [7, 11) is 0. The van der Waals surface area contributed by atoms with Crippen LogP contribution in [-0.2, 0) is 5.41 Å². The monoisotopic (exact) mass is 720 g/mol. The number of anilines is 3. The van der Waals surface area contributed by atoms with E-state index >= 15 is 0 Å². The smallest absolute Gasteiger partial charge is 0.333 e. The zero-order valence-electron chi connectivity index (χ0n) is 30.6. The van der Waals surface area contributed by atoms with Gasteiger partial charge in [0.1, 0.15) is 11.2 Å². The van der Waals surface area contributed by atoms with Gasteiger partial charge in [-0.2, -0.15) is 0 Å². The highest BCUT2D eigenvalue weighted by Crippen LogP contribution is 2.64. The van der Waals surface area contributed by atoms with Crippen molar-refractivity contribution in [2.24, 2.45) is 0 Å². The lowest BCUT2D eigenvalue weighted by atomic mass is 9.43. The van der Waals surface area contributed by atoms with Gasteiger partial charge in [0, 0.05) is 55.6 Å². The summed E-state index contributed by atoms with van der Waals surface area (Å²) in [6.07, 6.45) is 0. The van der Waals surface area contributed by atoms with Crippen molar-refractivity contribution >= 4 is 89.4 Å². The van der Waals surface area contributed by atoms with Crippen LogP contribution in [0.5, 0.6) is 0 Å². The Labute approximate surface area is 327 Å². The van der Waals surface area contributed by atoms with Gasteiger partial charge in [-0.15, -0.1) is 0 Å². The van der Waals surface area contributed by atoms with Crippen molar-refractivity contribution in [2.75, 3.05) is 4.90 Å². The highest BCUT2D eigenvalue weighted by molar-refractivity contribution is 6.90. The van der Waals surface area contributed by atoms with Crippen molar-refractivity contribution in [3.05, 3.63) is 198 Å². The van der Waals surface area contributed by atoms with Crippen molar-refractivity contribution in [2.45, 2.75) is 5.41 Å². The second-order valence-corrected chi connectivity index (χ2v) is 16.3. The first-order chi connectivity index (χ1) is 28.3. The average molecular weight is 721 g/mol. The molecule has 9 aromatic carbocycles. The van der Waals surface area contributed by atoms with Gasteiger partial charge in [-0.05, 0) is 84.9 Å². The number of hydrogen-bond donors (Lipinski definition) is 0. The van der Waals surface area contributed by atoms with E-state index < -0.39 is 5.41 Å². The van der Waals surface area contributed by atoms with Crippen LogP contribution >= 0.6 is 0 Å². The van der Waals surface area contributed by atoms with E-state index in [1.165, 1.54) is 110 Å². The standard InChI is InChI=1S/C53H29BN2O/c1-2-14-31-28-44-37(27-30(31)13-1)34-18-11-19-36-49-48-35-17-5-10-26-46(35)57-47(48)29-45-50(49)54(56(44)51(34)36)42-24-12-23-41-52(42)55(45)43-25-9-8-22-40(43)53(41)38-20-6-3-15-32(38)33-16-4-7-21-39(33)53/h1-29H. The van der Waals surface area contributed by atoms with Gasteiger partial charge in [0.15, 0.2) is 0 Å². The summed E-state index contributed by atoms with van der Waals surface area (Å²) in [6.45, 7) is -0.0791. The molecular formula is C53H29BN2O. The van der Waals surface area contributed by atoms with Gasteiger partial charge in [0.2, 0.25) is 0 Å². The number of para-hydroxylation sites is 4. The summed E-state index contributed by atoms with van der Waals surface area (Å²) in [5, 5.41) is 7.46. The van der Waals surface area contributed by atoms with E-state index in [9.17, 15) is 0 Å². The SMILES string of the molecule is c1ccc2c(c1)-c1ccccc1C21c2ccccc2N2c3cc4oc5ccccc5c4c4c3B(c3cccc1c32)n1c2cc3ccccc3cc2c2cccc-4c21. The molecule has 3 aliphatic heterocycles. The third-order valence-corrected chi connectivity index (χ3v) is 13.9. The molecule has 0 N–H and O–H groups in total. The number of nitrogens with zero attached hydrogens (tertiary/aromatic N) is 2. The third-order valence-electron chi connectivity index (χ3n) is 13.9. The summed E-state index contributed by atoms with van der Waals surface area (Å²) in [6, 6.07) is 66.1. The maximum absolute atomic E-state index is 6.89. The van der Waals surface area contributed by atoms with Crippen molar-refractivity contribution in [3.63, 3.8) is 0 Å². The average Bonchev–Trinajstić information content (AvgIpc) is 3.90. The topological polar surface area (TPSA) is 21.3 Å². The minimum Gasteiger partial charge on any atom is -0.456 e. The quantitative estimate of drug-likeness (QED) is 0.146. The summed E-state index contributed by atoms with van der Waals surface area (Å²) < 4.78 is 9.58. The molecule has 0 fully saturated rings. The van der Waals surface area contributed by atoms with Gasteiger partial charge < -0.3 is 13.8 Å². The molecule has 0 radical (unpaired) electrons. The maximum atomic E-state index is 6.89. The lowest BCUT2D eigenvalue weighted by molar-refractivity contribution is 0.669. The van der Waals surface area contributed by atoms with E-state index in [4.69, 9.17) is 4.42 Å². The highest BCUT2D eigenvalue weighted by atomic mass is 16.3. The molecule has 15 rings (SSSR count). The zero-order chi connectivity index (χ0) is 36.7. The van der Waals surface area contributed by atoms with Crippen LogP contribution < -0.4 is 15.8 Å². The van der Waals surface area contributed by atoms with Gasteiger partial charge >= 0.3 is 6.85 Å². The molecule has 11 aromatic rings. The van der Waals surface area contributed by atoms with Crippen molar-refractivity contribution in [1.29, 1.82) is 0 Å². The second-order valence-electron chi connectivity index (χ2n) is 16.3. The lowest BCUT2D eigenvalue weighted by Gasteiger charge is -2.49. The third kappa shape index (κ3) is 3.15. The molecule has 1 spiro atoms. The van der Waals surface area contributed by atoms with Crippen LogP contribution in [-0.4, -0.2) is 11.3 Å². The minimum absolute atomic E-state index is 0.0791. The van der Waals surface area contributed by atoms with Crippen LogP contribution in [0.4, 0.5) is 17.1 Å². The van der Waals surface area contributed by atoms with Crippen LogP contribution in [0, 0.1) is 0 Å². The molecule has 3 nitrogen and oxygen atoms in total. The Morgan fingerprint density at radius 3 is 1.96 bits per heavy atom. The first-order valence-electron chi connectivity index (χ1n) is 20.0. The molecule has 0 saturated heterocycles. The summed E-state index contributed by atoms with van der Waals surface area (Å²) in [5.41, 5.74) is 20.7. The minimum atomic E-state index is -0.494. The van der Waals surface area contributed by atoms with Crippen molar-refractivity contribution in [1.82, 2.24) is 4.48 Å². The molecule has 0 saturated carbocycles. The Morgan fingerprint density at radius 2 is 1.12 bits per heavy atom. The molecule has 4 aliphatic rings. The summed E-state index contributed by atoms with van der Waals surface area (Å²) >= 11 is 0. The Kier molecular flexibility index (Phi) is 4.96. The molecular weight excluding hydrogens is 691 g/mol. The Hall–Kier alpha value is -7.30. The van der Waals surface area contributed by atoms with E-state index in [0.717, 1.165) is 16.6 Å². The molecule has 0 unspecified atom stereocenters. The summed E-state index contributed by atoms with van der Waals surface area (Å²) in [5.74, 6) is 0. The summed E-state index contributed by atoms with van der Waals surface area (Å²) in [4.78, 5) is 2.60. The van der Waals surface area contributed by atoms with Gasteiger partial charge in [0.25, 0.3) is 0 Å². The maximum Gasteiger partial charge on any atom is 0.333 e. The van der Waals surface area contributed by atoms with Crippen LogP contribution in [0.15, 0.2) is 180 Å². The number of furan rings is 1. The van der Waals surface area contributed by atoms with E-state index in [0.29, 0.717) is 0 Å². The zero-order valence-corrected chi connectivity index (χ0v) is 30.6. The second kappa shape index (κ2) is 9.73. The normalized spacial score (nSPS) is 14.7. The number of aromatic nitrogens is 1. The number of rotatable bonds is 0. The van der Waals surface area contributed by atoms with Crippen LogP contribution in [0.25, 0.3) is 76.8 Å².